The molecule has 8 N–H and O–H groups in total. The van der Waals surface area contributed by atoms with Gasteiger partial charge >= 0.3 is 0 Å². The second-order valence-corrected chi connectivity index (χ2v) is 16.5. The highest BCUT2D eigenvalue weighted by atomic mass is 32.2. The van der Waals surface area contributed by atoms with Gasteiger partial charge in [-0.25, -0.2) is 0 Å². The van der Waals surface area contributed by atoms with E-state index < -0.39 is 0 Å². The van der Waals surface area contributed by atoms with Crippen LogP contribution in [0.3, 0.4) is 0 Å². The molecule has 0 atom stereocenters. The van der Waals surface area contributed by atoms with Crippen molar-refractivity contribution in [2.24, 2.45) is 0 Å². The lowest BCUT2D eigenvalue weighted by atomic mass is 10.1. The molecule has 0 spiro atoms. The van der Waals surface area contributed by atoms with E-state index in [-0.39, 0.29) is 46.0 Å². The van der Waals surface area contributed by atoms with Crippen LogP contribution in [-0.4, -0.2) is 47.1 Å². The summed E-state index contributed by atoms with van der Waals surface area (Å²) >= 11 is 1.71. The van der Waals surface area contributed by atoms with Gasteiger partial charge in [0.05, 0.1) is 0 Å². The molecule has 0 amide bonds. The third-order valence-corrected chi connectivity index (χ3v) is 10.7. The average Bonchev–Trinajstić information content (AvgIpc) is 3.32. The third-order valence-electron chi connectivity index (χ3n) is 9.95. The Hall–Kier alpha value is -8.53. The van der Waals surface area contributed by atoms with Gasteiger partial charge in [-0.15, -0.1) is 11.8 Å². The second kappa shape index (κ2) is 26.6. The Labute approximate surface area is 408 Å². The van der Waals surface area contributed by atoms with Crippen molar-refractivity contribution < 1.29 is 40.9 Å². The summed E-state index contributed by atoms with van der Waals surface area (Å²) < 4.78 is 0. The zero-order valence-electron chi connectivity index (χ0n) is 38.6. The van der Waals surface area contributed by atoms with Crippen LogP contribution in [0.4, 0.5) is 0 Å². The number of rotatable bonds is 10. The highest BCUT2D eigenvalue weighted by molar-refractivity contribution is 7.98. The van der Waals surface area contributed by atoms with E-state index in [9.17, 15) is 40.9 Å². The van der Waals surface area contributed by atoms with Crippen LogP contribution in [-0.2, 0) is 6.42 Å². The van der Waals surface area contributed by atoms with Gasteiger partial charge in [0.25, 0.3) is 0 Å². The fourth-order valence-corrected chi connectivity index (χ4v) is 6.86. The van der Waals surface area contributed by atoms with E-state index >= 15 is 0 Å². The molecule has 8 aromatic carbocycles. The van der Waals surface area contributed by atoms with Crippen molar-refractivity contribution in [2.75, 3.05) is 6.26 Å². The molecule has 0 aliphatic carbocycles. The van der Waals surface area contributed by atoms with Gasteiger partial charge in [-0.2, -0.15) is 0 Å². The number of aromatic hydroxyl groups is 8. The van der Waals surface area contributed by atoms with E-state index in [0.717, 1.165) is 50.9 Å². The minimum absolute atomic E-state index is 0.0624. The minimum Gasteiger partial charge on any atom is -0.508 e. The monoisotopic (exact) mass is 936 g/mol. The maximum Gasteiger partial charge on any atom is 0.119 e. The zero-order chi connectivity index (χ0) is 49.5. The van der Waals surface area contributed by atoms with Gasteiger partial charge in [0.2, 0.25) is 0 Å². The van der Waals surface area contributed by atoms with Gasteiger partial charge in [-0.05, 0) is 130 Å². The summed E-state index contributed by atoms with van der Waals surface area (Å²) in [6, 6.07) is 52.5. The van der Waals surface area contributed by atoms with Crippen LogP contribution in [0.25, 0.3) is 48.6 Å². The minimum atomic E-state index is 0.0624. The van der Waals surface area contributed by atoms with E-state index in [1.807, 2.05) is 129 Å². The van der Waals surface area contributed by atoms with E-state index in [1.54, 1.807) is 60.3 Å². The first-order valence-corrected chi connectivity index (χ1v) is 23.1. The van der Waals surface area contributed by atoms with Crippen molar-refractivity contribution in [1.29, 1.82) is 0 Å². The summed E-state index contributed by atoms with van der Waals surface area (Å²) in [7, 11) is 0. The molecule has 0 aliphatic rings. The molecule has 350 valence electrons. The van der Waals surface area contributed by atoms with Crippen LogP contribution in [0, 0.1) is 6.92 Å². The van der Waals surface area contributed by atoms with Crippen LogP contribution in [0.5, 0.6) is 46.0 Å². The molecule has 8 rings (SSSR count). The van der Waals surface area contributed by atoms with Gasteiger partial charge in [-0.3, -0.25) is 0 Å². The molecule has 9 heteroatoms. The Morgan fingerprint density at radius 1 is 0.319 bits per heavy atom. The Morgan fingerprint density at radius 2 is 0.580 bits per heavy atom. The van der Waals surface area contributed by atoms with Gasteiger partial charge in [0, 0.05) is 29.2 Å². The molecule has 0 heterocycles. The molecule has 0 saturated heterocycles. The number of phenols is 8. The maximum absolute atomic E-state index is 9.37. The summed E-state index contributed by atoms with van der Waals surface area (Å²) in [5.41, 5.74) is 9.92. The Kier molecular flexibility index (Phi) is 19.8. The van der Waals surface area contributed by atoms with Gasteiger partial charge in [0.15, 0.2) is 0 Å². The molecule has 0 aromatic heterocycles. The van der Waals surface area contributed by atoms with Crippen LogP contribution >= 0.6 is 11.8 Å². The molecule has 0 fully saturated rings. The van der Waals surface area contributed by atoms with Crippen molar-refractivity contribution in [3.8, 4) is 46.0 Å². The topological polar surface area (TPSA) is 162 Å². The quantitative estimate of drug-likeness (QED) is 0.0493. The van der Waals surface area contributed by atoms with Gasteiger partial charge in [-0.1, -0.05) is 152 Å². The number of phenolic OH excluding ortho intramolecular Hbond substituents is 8. The van der Waals surface area contributed by atoms with Crippen molar-refractivity contribution >= 4 is 60.4 Å². The highest BCUT2D eigenvalue weighted by Gasteiger charge is 2.00. The largest absolute Gasteiger partial charge is 0.508 e. The van der Waals surface area contributed by atoms with Crippen molar-refractivity contribution in [2.45, 2.75) is 25.2 Å². The van der Waals surface area contributed by atoms with Crippen LogP contribution in [0.1, 0.15) is 62.6 Å². The SMILES string of the molecule is CCc1ccc(/C=C/c2cc(O)cc(O)c2)cc1.CSc1ccc(/C=C/c2cc(O)cc(O)c2)cc1.Cc1ccc(/C=C/c2cc(O)cc(O)c2)cc1.Oc1cc(O)cc(/C=C/c2ccccc2)c1. The molecular formula is C60H56O8S. The molecule has 69 heavy (non-hydrogen) atoms. The number of hydrogen-bond donors (Lipinski definition) is 8. The number of hydrogen-bond acceptors (Lipinski definition) is 9. The van der Waals surface area contributed by atoms with E-state index in [1.165, 1.54) is 40.3 Å². The maximum atomic E-state index is 9.37. The van der Waals surface area contributed by atoms with Crippen molar-refractivity contribution in [1.82, 2.24) is 0 Å². The van der Waals surface area contributed by atoms with Crippen molar-refractivity contribution in [3.63, 3.8) is 0 Å². The lowest BCUT2D eigenvalue weighted by Crippen LogP contribution is -1.79. The predicted octanol–water partition coefficient (Wildman–Crippen LogP) is 14.7. The first-order chi connectivity index (χ1) is 33.2. The molecule has 0 bridgehead atoms. The van der Waals surface area contributed by atoms with Gasteiger partial charge in [0.1, 0.15) is 46.0 Å². The first-order valence-electron chi connectivity index (χ1n) is 21.9. The average molecular weight is 937 g/mol. The summed E-state index contributed by atoms with van der Waals surface area (Å²) in [5, 5.41) is 74.7. The lowest BCUT2D eigenvalue weighted by Gasteiger charge is -1.99. The number of thioether (sulfide) groups is 1. The predicted molar refractivity (Wildman–Crippen MR) is 286 cm³/mol. The zero-order valence-corrected chi connectivity index (χ0v) is 39.4. The van der Waals surface area contributed by atoms with Crippen LogP contribution in [0.15, 0.2) is 181 Å². The molecule has 8 nitrogen and oxygen atoms in total. The molecular weight excluding hydrogens is 881 g/mol. The number of aryl methyl sites for hydroxylation is 2. The second-order valence-electron chi connectivity index (χ2n) is 15.7. The molecule has 0 aliphatic heterocycles. The third kappa shape index (κ3) is 19.1. The summed E-state index contributed by atoms with van der Waals surface area (Å²) in [4.78, 5) is 1.22. The fourth-order valence-electron chi connectivity index (χ4n) is 6.45. The number of benzene rings is 8. The summed E-state index contributed by atoms with van der Waals surface area (Å²) in [6.45, 7) is 4.17. The summed E-state index contributed by atoms with van der Waals surface area (Å²) in [5.74, 6) is 0.509. The summed E-state index contributed by atoms with van der Waals surface area (Å²) in [6.07, 6.45) is 18.2. The van der Waals surface area contributed by atoms with E-state index in [4.69, 9.17) is 0 Å². The van der Waals surface area contributed by atoms with E-state index in [0.29, 0.717) is 0 Å². The van der Waals surface area contributed by atoms with E-state index in [2.05, 4.69) is 43.3 Å². The van der Waals surface area contributed by atoms with Crippen LogP contribution in [0.2, 0.25) is 0 Å². The Bertz CT molecular complexity index is 2790. The Balaban J connectivity index is 0.000000172. The standard InChI is InChI=1S/C16H16O2.C15H14O2S.C15H14O2.C14H12O2/c1-2-12-3-5-13(6-4-12)7-8-14-9-15(17)11-16(18)10-14;1-18-15-6-4-11(5-7-15)2-3-12-8-13(16)10-14(17)9-12;1-11-2-4-12(5-3-11)6-7-13-8-14(16)10-15(17)9-13;15-13-8-12(9-14(16)10-13)7-6-11-4-2-1-3-5-11/h3-11,17-18H,2H2,1H3;2-10,16-17H,1H3;2-10,16-17H,1H3;1-10,15-16H/b8-7+;3-2+;2*7-6+. The highest BCUT2D eigenvalue weighted by Crippen LogP contribution is 2.26. The fraction of sp³-hybridized carbons (Fsp3) is 0.0667. The normalized spacial score (nSPS) is 10.9. The van der Waals surface area contributed by atoms with Gasteiger partial charge < -0.3 is 40.9 Å². The first kappa shape index (κ1) is 51.5. The smallest absolute Gasteiger partial charge is 0.119 e. The van der Waals surface area contributed by atoms with Crippen LogP contribution < -0.4 is 0 Å². The molecule has 8 aromatic rings. The Morgan fingerprint density at radius 3 is 0.870 bits per heavy atom. The van der Waals surface area contributed by atoms with Crippen molar-refractivity contribution in [3.05, 3.63) is 232 Å². The lowest BCUT2D eigenvalue weighted by molar-refractivity contribution is 0.449. The molecule has 0 unspecified atom stereocenters. The molecule has 0 radical (unpaired) electrons. The molecule has 0 saturated carbocycles.